The molecular weight excluding hydrogens is 480 g/mol. The van der Waals surface area contributed by atoms with Crippen LogP contribution in [0.1, 0.15) is 39.4 Å². The zero-order chi connectivity index (χ0) is 25.0. The van der Waals surface area contributed by atoms with Crippen LogP contribution in [0, 0.1) is 27.7 Å². The molecule has 1 aromatic heterocycles. The number of aryl methyl sites for hydroxylation is 4. The fourth-order valence-corrected chi connectivity index (χ4v) is 5.88. The number of fused-ring (bicyclic) bond motifs is 1. The first-order chi connectivity index (χ1) is 16.7. The summed E-state index contributed by atoms with van der Waals surface area (Å²) in [5.41, 5.74) is 5.85. The molecule has 1 aliphatic rings. The van der Waals surface area contributed by atoms with Crippen molar-refractivity contribution in [2.45, 2.75) is 33.7 Å². The second-order valence-corrected chi connectivity index (χ2v) is 10.4. The van der Waals surface area contributed by atoms with Gasteiger partial charge >= 0.3 is 5.91 Å². The number of thiazole rings is 1. The minimum Gasteiger partial charge on any atom is -0.507 e. The van der Waals surface area contributed by atoms with E-state index in [1.165, 1.54) is 16.2 Å². The number of Topliss-reactive ketones (excluding diaryl/α,β-unsaturated/α-hetero) is 1. The number of anilines is 1. The number of hydrogen-bond acceptors (Lipinski definition) is 5. The Morgan fingerprint density at radius 2 is 1.66 bits per heavy atom. The van der Waals surface area contributed by atoms with Crippen LogP contribution < -0.4 is 4.90 Å². The number of halogens is 1. The largest absolute Gasteiger partial charge is 0.507 e. The normalized spacial score (nSPS) is 17.5. The summed E-state index contributed by atoms with van der Waals surface area (Å²) in [6, 6.07) is 15.8. The first-order valence-electron chi connectivity index (χ1n) is 11.2. The molecule has 2 heterocycles. The van der Waals surface area contributed by atoms with Crippen molar-refractivity contribution in [3.63, 3.8) is 0 Å². The predicted molar refractivity (Wildman–Crippen MR) is 141 cm³/mol. The zero-order valence-corrected chi connectivity index (χ0v) is 21.3. The molecule has 35 heavy (non-hydrogen) atoms. The quantitative estimate of drug-likeness (QED) is 0.190. The Morgan fingerprint density at radius 1 is 0.943 bits per heavy atom. The van der Waals surface area contributed by atoms with Crippen molar-refractivity contribution >= 4 is 55.7 Å². The number of benzene rings is 3. The van der Waals surface area contributed by atoms with Gasteiger partial charge < -0.3 is 5.11 Å². The van der Waals surface area contributed by atoms with Crippen molar-refractivity contribution in [1.82, 2.24) is 4.98 Å². The second kappa shape index (κ2) is 8.63. The van der Waals surface area contributed by atoms with Gasteiger partial charge in [-0.25, -0.2) is 4.98 Å². The Morgan fingerprint density at radius 3 is 2.37 bits per heavy atom. The van der Waals surface area contributed by atoms with Crippen LogP contribution in [-0.2, 0) is 9.59 Å². The number of carbonyl (C=O) groups excluding carboxylic acids is 2. The summed E-state index contributed by atoms with van der Waals surface area (Å²) in [5, 5.41) is 12.4. The van der Waals surface area contributed by atoms with E-state index in [4.69, 9.17) is 16.6 Å². The summed E-state index contributed by atoms with van der Waals surface area (Å²) in [4.78, 5) is 33.0. The van der Waals surface area contributed by atoms with Gasteiger partial charge in [0, 0.05) is 10.6 Å². The van der Waals surface area contributed by atoms with Crippen molar-refractivity contribution in [3.05, 3.63) is 98.6 Å². The molecule has 4 aromatic rings. The van der Waals surface area contributed by atoms with Crippen molar-refractivity contribution in [2.24, 2.45) is 0 Å². The molecule has 1 saturated heterocycles. The van der Waals surface area contributed by atoms with Gasteiger partial charge in [0.15, 0.2) is 5.13 Å². The molecule has 3 aromatic carbocycles. The average molecular weight is 503 g/mol. The third-order valence-electron chi connectivity index (χ3n) is 6.30. The van der Waals surface area contributed by atoms with E-state index in [-0.39, 0.29) is 11.3 Å². The molecule has 5 nitrogen and oxygen atoms in total. The van der Waals surface area contributed by atoms with Crippen LogP contribution in [0.4, 0.5) is 5.13 Å². The number of hydrogen-bond donors (Lipinski definition) is 1. The standard InChI is InChI=1S/C28H23ClN2O3S/c1-14-5-6-16(3)20(12-14)25(32)22-24(18-7-9-19(29)10-8-18)31(27(34)26(22)33)28-30-23-17(4)11-15(2)13-21(23)35-28/h5-13,24,32H,1-4H3/b25-22+. The van der Waals surface area contributed by atoms with Gasteiger partial charge in [-0.05, 0) is 74.2 Å². The Kier molecular flexibility index (Phi) is 5.74. The molecule has 0 radical (unpaired) electrons. The molecular formula is C28H23ClN2O3S. The van der Waals surface area contributed by atoms with Gasteiger partial charge in [-0.15, -0.1) is 0 Å². The molecule has 176 valence electrons. The summed E-state index contributed by atoms with van der Waals surface area (Å²) in [6.07, 6.45) is 0. The van der Waals surface area contributed by atoms with E-state index >= 15 is 0 Å². The summed E-state index contributed by atoms with van der Waals surface area (Å²) in [5.74, 6) is -1.65. The minimum absolute atomic E-state index is 0.0400. The van der Waals surface area contributed by atoms with Crippen molar-refractivity contribution in [2.75, 3.05) is 4.90 Å². The van der Waals surface area contributed by atoms with Gasteiger partial charge in [-0.3, -0.25) is 14.5 Å². The van der Waals surface area contributed by atoms with E-state index < -0.39 is 17.7 Å². The maximum Gasteiger partial charge on any atom is 0.301 e. The lowest BCUT2D eigenvalue weighted by molar-refractivity contribution is -0.132. The average Bonchev–Trinajstić information content (AvgIpc) is 3.34. The van der Waals surface area contributed by atoms with E-state index in [0.717, 1.165) is 32.5 Å². The van der Waals surface area contributed by atoms with E-state index in [0.29, 0.717) is 21.3 Å². The summed E-state index contributed by atoms with van der Waals surface area (Å²) in [7, 11) is 0. The second-order valence-electron chi connectivity index (χ2n) is 8.96. The summed E-state index contributed by atoms with van der Waals surface area (Å²) >= 11 is 7.49. The van der Waals surface area contributed by atoms with Crippen LogP contribution in [0.25, 0.3) is 16.0 Å². The molecule has 1 N–H and O–H groups in total. The minimum atomic E-state index is -0.839. The van der Waals surface area contributed by atoms with Crippen LogP contribution in [0.3, 0.4) is 0 Å². The number of amides is 1. The Labute approximate surface area is 212 Å². The number of aliphatic hydroxyl groups excluding tert-OH is 1. The highest BCUT2D eigenvalue weighted by Gasteiger charge is 2.48. The van der Waals surface area contributed by atoms with Gasteiger partial charge in [0.1, 0.15) is 5.76 Å². The van der Waals surface area contributed by atoms with E-state index in [1.807, 2.05) is 58.0 Å². The van der Waals surface area contributed by atoms with E-state index in [9.17, 15) is 14.7 Å². The Bertz CT molecular complexity index is 1550. The van der Waals surface area contributed by atoms with Crippen LogP contribution in [0.15, 0.2) is 60.2 Å². The number of carbonyl (C=O) groups is 2. The molecule has 0 aliphatic carbocycles. The number of ketones is 1. The highest BCUT2D eigenvalue weighted by Crippen LogP contribution is 2.45. The predicted octanol–water partition coefficient (Wildman–Crippen LogP) is 6.81. The molecule has 1 fully saturated rings. The molecule has 1 unspecified atom stereocenters. The number of aromatic nitrogens is 1. The lowest BCUT2D eigenvalue weighted by atomic mass is 9.93. The van der Waals surface area contributed by atoms with Gasteiger partial charge in [0.05, 0.1) is 21.8 Å². The van der Waals surface area contributed by atoms with Crippen molar-refractivity contribution in [1.29, 1.82) is 0 Å². The lowest BCUT2D eigenvalue weighted by Crippen LogP contribution is -2.29. The molecule has 0 saturated carbocycles. The molecule has 7 heteroatoms. The first kappa shape index (κ1) is 23.3. The molecule has 1 aliphatic heterocycles. The molecule has 1 amide bonds. The molecule has 1 atom stereocenters. The number of rotatable bonds is 3. The number of aliphatic hydroxyl groups is 1. The SMILES string of the molecule is Cc1ccc(C)c(/C(O)=C2\C(=O)C(=O)N(c3nc4c(C)cc(C)cc4s3)C2c2ccc(Cl)cc2)c1. The fraction of sp³-hybridized carbons (Fsp3) is 0.179. The lowest BCUT2D eigenvalue weighted by Gasteiger charge is -2.23. The highest BCUT2D eigenvalue weighted by molar-refractivity contribution is 7.22. The summed E-state index contributed by atoms with van der Waals surface area (Å²) < 4.78 is 0.934. The fourth-order valence-electron chi connectivity index (χ4n) is 4.59. The van der Waals surface area contributed by atoms with Crippen LogP contribution in [0.2, 0.25) is 5.02 Å². The Balaban J connectivity index is 1.77. The van der Waals surface area contributed by atoms with Gasteiger partial charge in [0.25, 0.3) is 5.78 Å². The van der Waals surface area contributed by atoms with Crippen molar-refractivity contribution < 1.29 is 14.7 Å². The van der Waals surface area contributed by atoms with Crippen LogP contribution in [0.5, 0.6) is 0 Å². The van der Waals surface area contributed by atoms with E-state index in [1.54, 1.807) is 24.3 Å². The highest BCUT2D eigenvalue weighted by atomic mass is 35.5. The topological polar surface area (TPSA) is 70.5 Å². The maximum atomic E-state index is 13.5. The van der Waals surface area contributed by atoms with Crippen LogP contribution in [-0.4, -0.2) is 21.8 Å². The van der Waals surface area contributed by atoms with Crippen LogP contribution >= 0.6 is 22.9 Å². The molecule has 5 rings (SSSR count). The van der Waals surface area contributed by atoms with Crippen molar-refractivity contribution in [3.8, 4) is 0 Å². The zero-order valence-electron chi connectivity index (χ0n) is 19.7. The van der Waals surface area contributed by atoms with E-state index in [2.05, 4.69) is 0 Å². The monoisotopic (exact) mass is 502 g/mol. The Hall–Kier alpha value is -3.48. The van der Waals surface area contributed by atoms with Gasteiger partial charge in [-0.1, -0.05) is 58.8 Å². The van der Waals surface area contributed by atoms with Gasteiger partial charge in [0.2, 0.25) is 0 Å². The molecule has 0 bridgehead atoms. The third kappa shape index (κ3) is 3.93. The first-order valence-corrected chi connectivity index (χ1v) is 12.4. The smallest absolute Gasteiger partial charge is 0.301 e. The van der Waals surface area contributed by atoms with Gasteiger partial charge in [-0.2, -0.15) is 0 Å². The maximum absolute atomic E-state index is 13.5. The third-order valence-corrected chi connectivity index (χ3v) is 7.56. The molecule has 0 spiro atoms. The summed E-state index contributed by atoms with van der Waals surface area (Å²) in [6.45, 7) is 7.76. The number of nitrogens with zero attached hydrogens (tertiary/aromatic N) is 2.